The maximum absolute atomic E-state index is 13.3. The number of nitrogens with two attached hydrogens (primary N) is 1. The predicted octanol–water partition coefficient (Wildman–Crippen LogP) is 4.48. The van der Waals surface area contributed by atoms with E-state index in [0.29, 0.717) is 33.2 Å². The number of halogens is 2. The largest absolute Gasteiger partial charge is 0.347 e. The van der Waals surface area contributed by atoms with Crippen molar-refractivity contribution in [3.8, 4) is 12.1 Å². The molecule has 0 spiro atoms. The number of para-hydroxylation sites is 1. The summed E-state index contributed by atoms with van der Waals surface area (Å²) in [4.78, 5) is 37.2. The Morgan fingerprint density at radius 1 is 1.04 bits per heavy atom. The molecule has 0 saturated heterocycles. The first-order chi connectivity index (χ1) is 21.8. The number of fused-ring (bicyclic) bond motifs is 1. The molecule has 0 bridgehead atoms. The third-order valence-corrected chi connectivity index (χ3v) is 9.45. The number of hydrogen-bond donors (Lipinski definition) is 4. The van der Waals surface area contributed by atoms with E-state index in [2.05, 4.69) is 37.2 Å². The fraction of sp³-hybridized carbons (Fsp3) is 0.567. The van der Waals surface area contributed by atoms with Crippen LogP contribution >= 0.6 is 41.6 Å². The van der Waals surface area contributed by atoms with Crippen molar-refractivity contribution in [2.45, 2.75) is 76.4 Å². The van der Waals surface area contributed by atoms with E-state index in [0.717, 1.165) is 62.3 Å². The van der Waals surface area contributed by atoms with Crippen LogP contribution in [0.5, 0.6) is 0 Å². The van der Waals surface area contributed by atoms with Gasteiger partial charge in [0.2, 0.25) is 11.8 Å². The molecule has 5 atom stereocenters. The van der Waals surface area contributed by atoms with Crippen LogP contribution in [0.25, 0.3) is 10.9 Å². The van der Waals surface area contributed by atoms with Gasteiger partial charge in [-0.3, -0.25) is 14.4 Å². The predicted molar refractivity (Wildman–Crippen MR) is 190 cm³/mol. The van der Waals surface area contributed by atoms with Gasteiger partial charge >= 0.3 is 0 Å². The standard InChI is InChI=1S/C21H26IN4O3PS.C9H15N3O.ClH/c22-31(30)29-13-5-12-26-18-9-4-1-6-15(18)14-19(26)21(28)25-17-8-3-2-7-16(17)20(27)24-11-10-23;10-5-6-12-9(13)7-3-1-2-4-8(7)11;/h1,4,6,9,14,16-17,30H,2-3,5,7-8,11-13H2,(H,24,27)(H,25,28);7-8H,1-4,6,11H2,(H,12,13);1H/t16-,17+,31?;7-,8+;/m11./s1/i30T;;. The van der Waals surface area contributed by atoms with Gasteiger partial charge in [0.1, 0.15) is 20.1 Å². The zero-order valence-corrected chi connectivity index (χ0v) is 29.8. The summed E-state index contributed by atoms with van der Waals surface area (Å²) in [6, 6.07) is 13.3. The Kier molecular flexibility index (Phi) is 17.2. The number of rotatable bonds is 11. The molecule has 0 aliphatic heterocycles. The second kappa shape index (κ2) is 20.8. The lowest BCUT2D eigenvalue weighted by Gasteiger charge is -2.31. The molecule has 5 N–H and O–H groups in total. The molecule has 2 aromatic rings. The Balaban J connectivity index is 0.000000442. The van der Waals surface area contributed by atoms with Crippen LogP contribution in [0, 0.1) is 34.5 Å². The van der Waals surface area contributed by atoms with Crippen LogP contribution in [-0.4, -0.2) is 55.3 Å². The third kappa shape index (κ3) is 12.1. The highest BCUT2D eigenvalue weighted by molar-refractivity contribution is 14.2. The molecule has 246 valence electrons. The summed E-state index contributed by atoms with van der Waals surface area (Å²) < 4.78 is 15.0. The number of carbonyl (C=O) groups excluding carboxylic acids is 3. The molecule has 2 aliphatic carbocycles. The smallest absolute Gasteiger partial charge is 0.268 e. The number of nitrogens with zero attached hydrogens (tertiary/aromatic N) is 3. The van der Waals surface area contributed by atoms with Gasteiger partial charge in [-0.05, 0) is 44.2 Å². The topological polar surface area (TPSA) is 175 Å². The highest BCUT2D eigenvalue weighted by atomic mass is 127. The Labute approximate surface area is 289 Å². The summed E-state index contributed by atoms with van der Waals surface area (Å²) in [5.41, 5.74) is 7.36. The molecule has 2 aliphatic rings. The van der Waals surface area contributed by atoms with Crippen molar-refractivity contribution in [2.24, 2.45) is 17.6 Å². The van der Waals surface area contributed by atoms with Crippen molar-refractivity contribution in [1.29, 1.82) is 11.8 Å². The molecule has 45 heavy (non-hydrogen) atoms. The van der Waals surface area contributed by atoms with Crippen LogP contribution in [0.2, 0.25) is 0 Å². The van der Waals surface area contributed by atoms with E-state index in [-0.39, 0.29) is 67.1 Å². The number of nitrogens with one attached hydrogen (secondary N) is 3. The average molecular weight is 792 g/mol. The fourth-order valence-corrected chi connectivity index (χ4v) is 6.87. The van der Waals surface area contributed by atoms with Crippen molar-refractivity contribution in [1.82, 2.24) is 20.5 Å². The molecular weight excluding hydrogens is 748 g/mol. The zero-order chi connectivity index (χ0) is 32.6. The van der Waals surface area contributed by atoms with Crippen LogP contribution in [0.1, 0.15) is 68.3 Å². The lowest BCUT2D eigenvalue weighted by Crippen LogP contribution is -2.48. The van der Waals surface area contributed by atoms with E-state index in [1.54, 1.807) is 0 Å². The number of benzene rings is 1. The Morgan fingerprint density at radius 3 is 2.33 bits per heavy atom. The van der Waals surface area contributed by atoms with Crippen molar-refractivity contribution in [3.63, 3.8) is 0 Å². The van der Waals surface area contributed by atoms with Crippen molar-refractivity contribution in [2.75, 3.05) is 19.7 Å². The van der Waals surface area contributed by atoms with E-state index in [4.69, 9.17) is 21.7 Å². The molecule has 4 rings (SSSR count). The van der Waals surface area contributed by atoms with Crippen molar-refractivity contribution < 1.29 is 18.6 Å². The summed E-state index contributed by atoms with van der Waals surface area (Å²) in [6.45, 7) is 1.21. The minimum absolute atomic E-state index is 0. The molecule has 11 nitrogen and oxygen atoms in total. The SMILES string of the molecule is Cl.N#CCNC(=O)[C@@H]1CCCC[C@@H]1N.[3H]P=S(I)OCCCn1c(C(=O)N[C@H]2CCCC[C@H]2C(=O)NCC#N)cc2ccccc21. The Hall–Kier alpha value is -2.26. The number of aryl methyl sites for hydroxylation is 1. The van der Waals surface area contributed by atoms with Gasteiger partial charge in [-0.1, -0.05) is 51.8 Å². The highest BCUT2D eigenvalue weighted by Gasteiger charge is 2.33. The second-order valence-corrected chi connectivity index (χ2v) is 17.0. The normalized spacial score (nSPS) is 21.8. The average Bonchev–Trinajstić information content (AvgIpc) is 3.43. The number of aromatic nitrogens is 1. The maximum atomic E-state index is 13.3. The number of nitriles is 2. The van der Waals surface area contributed by atoms with Crippen LogP contribution in [0.4, 0.5) is 0 Å². The molecule has 0 radical (unpaired) electrons. The van der Waals surface area contributed by atoms with Gasteiger partial charge in [0, 0.05) is 58.3 Å². The summed E-state index contributed by atoms with van der Waals surface area (Å²) >= 11 is 2.12. The lowest BCUT2D eigenvalue weighted by atomic mass is 9.83. The first-order valence-electron chi connectivity index (χ1n) is 15.4. The summed E-state index contributed by atoms with van der Waals surface area (Å²) in [6.07, 6.45) is 8.04. The van der Waals surface area contributed by atoms with Crippen LogP contribution in [-0.2, 0) is 27.8 Å². The summed E-state index contributed by atoms with van der Waals surface area (Å²) in [5.74, 6) is -0.823. The molecule has 1 heterocycles. The van der Waals surface area contributed by atoms with Gasteiger partial charge in [0.05, 0.1) is 30.6 Å². The van der Waals surface area contributed by atoms with Gasteiger partial charge in [-0.25, -0.2) is 0 Å². The van der Waals surface area contributed by atoms with Gasteiger partial charge in [0.15, 0.2) is 0 Å². The van der Waals surface area contributed by atoms with E-state index in [9.17, 15) is 14.4 Å². The number of carbonyl (C=O) groups is 3. The van der Waals surface area contributed by atoms with Gasteiger partial charge in [-0.2, -0.15) is 10.5 Å². The van der Waals surface area contributed by atoms with Gasteiger partial charge in [-0.15, -0.1) is 12.4 Å². The Bertz CT molecular complexity index is 1440. The zero-order valence-electron chi connectivity index (χ0n) is 26.1. The van der Waals surface area contributed by atoms with E-state index in [1.807, 2.05) is 47.0 Å². The minimum atomic E-state index is -0.420. The van der Waals surface area contributed by atoms with E-state index in [1.165, 1.54) is 0 Å². The van der Waals surface area contributed by atoms with Crippen molar-refractivity contribution >= 4 is 77.7 Å². The number of hydrogen-bond acceptors (Lipinski definition) is 7. The third-order valence-electron chi connectivity index (χ3n) is 8.01. The molecule has 15 heteroatoms. The Morgan fingerprint density at radius 2 is 1.67 bits per heavy atom. The van der Waals surface area contributed by atoms with Crippen molar-refractivity contribution in [3.05, 3.63) is 36.0 Å². The van der Waals surface area contributed by atoms with Crippen LogP contribution in [0.3, 0.4) is 0 Å². The quantitative estimate of drug-likeness (QED) is 0.112. The summed E-state index contributed by atoms with van der Waals surface area (Å²) in [5, 5.41) is 26.3. The van der Waals surface area contributed by atoms with Crippen LogP contribution < -0.4 is 21.7 Å². The second-order valence-electron chi connectivity index (χ2n) is 10.9. The first kappa shape index (κ1) is 37.2. The molecule has 2 saturated carbocycles. The number of amides is 3. The lowest BCUT2D eigenvalue weighted by molar-refractivity contribution is -0.127. The highest BCUT2D eigenvalue weighted by Crippen LogP contribution is 2.26. The fourth-order valence-electron chi connectivity index (χ4n) is 5.85. The summed E-state index contributed by atoms with van der Waals surface area (Å²) in [7, 11) is 0.0507. The van der Waals surface area contributed by atoms with Crippen LogP contribution in [0.15, 0.2) is 30.3 Å². The van der Waals surface area contributed by atoms with E-state index < -0.39 is 7.53 Å². The maximum Gasteiger partial charge on any atom is 0.268 e. The molecule has 1 aromatic heterocycles. The minimum Gasteiger partial charge on any atom is -0.347 e. The molecule has 2 fully saturated rings. The molecule has 1 aromatic carbocycles. The monoisotopic (exact) mass is 791 g/mol. The van der Waals surface area contributed by atoms with E-state index >= 15 is 0 Å². The molecule has 3 amide bonds. The van der Waals surface area contributed by atoms with Gasteiger partial charge < -0.3 is 30.4 Å². The van der Waals surface area contributed by atoms with Gasteiger partial charge in [0.25, 0.3) is 5.91 Å². The molecular formula is C30H42ClIN7O4PS. The first-order valence-corrected chi connectivity index (χ1v) is 19.7. The molecule has 1 unspecified atom stereocenters.